The van der Waals surface area contributed by atoms with Crippen molar-refractivity contribution in [1.29, 1.82) is 0 Å². The molecule has 120 valence electrons. The highest BCUT2D eigenvalue weighted by molar-refractivity contribution is 7.18. The lowest BCUT2D eigenvalue weighted by Crippen LogP contribution is -2.36. The Kier molecular flexibility index (Phi) is 3.35. The molecule has 0 spiro atoms. The maximum absolute atomic E-state index is 12.5. The van der Waals surface area contributed by atoms with Crippen molar-refractivity contribution in [3.63, 3.8) is 0 Å². The maximum Gasteiger partial charge on any atom is 0.259 e. The lowest BCUT2D eigenvalue weighted by atomic mass is 10.2. The first-order chi connectivity index (χ1) is 11.0. The fraction of sp³-hybridized carbons (Fsp3) is 0.438. The summed E-state index contributed by atoms with van der Waals surface area (Å²) in [6.45, 7) is 8.74. The summed E-state index contributed by atoms with van der Waals surface area (Å²) in [6.07, 6.45) is 3.85. The zero-order valence-electron chi connectivity index (χ0n) is 13.5. The molecule has 3 aromatic rings. The van der Waals surface area contributed by atoms with E-state index in [4.69, 9.17) is 4.98 Å². The van der Waals surface area contributed by atoms with E-state index in [1.807, 2.05) is 26.2 Å². The summed E-state index contributed by atoms with van der Waals surface area (Å²) >= 11 is 1.60. The first-order valence-corrected chi connectivity index (χ1v) is 8.60. The minimum Gasteiger partial charge on any atom is -0.333 e. The number of hydrogen-bond acceptors (Lipinski definition) is 5. The molecule has 4 rings (SSSR count). The summed E-state index contributed by atoms with van der Waals surface area (Å²) in [7, 11) is 0. The third kappa shape index (κ3) is 2.31. The van der Waals surface area contributed by atoms with Gasteiger partial charge in [-0.05, 0) is 26.3 Å². The lowest BCUT2D eigenvalue weighted by molar-refractivity contribution is 0.157. The number of aromatic amines is 1. The molecule has 1 aliphatic heterocycles. The minimum absolute atomic E-state index is 0.0304. The molecule has 0 amide bonds. The van der Waals surface area contributed by atoms with Crippen LogP contribution in [0.4, 0.5) is 0 Å². The van der Waals surface area contributed by atoms with Crippen molar-refractivity contribution < 1.29 is 0 Å². The number of nitrogens with zero attached hydrogens (tertiary/aromatic N) is 4. The Bertz CT molecular complexity index is 938. The number of hydrogen-bond donors (Lipinski definition) is 1. The number of fused-ring (bicyclic) bond motifs is 2. The Hall–Kier alpha value is -1.99. The van der Waals surface area contributed by atoms with Crippen LogP contribution in [0.1, 0.15) is 35.1 Å². The molecule has 0 fully saturated rings. The van der Waals surface area contributed by atoms with E-state index in [9.17, 15) is 4.79 Å². The van der Waals surface area contributed by atoms with Crippen molar-refractivity contribution >= 4 is 21.6 Å². The van der Waals surface area contributed by atoms with Crippen molar-refractivity contribution in [2.45, 2.75) is 39.9 Å². The molecule has 3 aromatic heterocycles. The van der Waals surface area contributed by atoms with Gasteiger partial charge < -0.3 is 9.55 Å². The third-order valence-corrected chi connectivity index (χ3v) is 5.88. The van der Waals surface area contributed by atoms with Gasteiger partial charge in [0.2, 0.25) is 0 Å². The van der Waals surface area contributed by atoms with Gasteiger partial charge in [0.25, 0.3) is 5.56 Å². The Balaban J connectivity index is 1.70. The van der Waals surface area contributed by atoms with E-state index >= 15 is 0 Å². The number of rotatable bonds is 2. The van der Waals surface area contributed by atoms with Gasteiger partial charge in [-0.15, -0.1) is 11.3 Å². The molecule has 0 saturated carbocycles. The van der Waals surface area contributed by atoms with Gasteiger partial charge in [0.15, 0.2) is 0 Å². The monoisotopic (exact) mass is 329 g/mol. The number of nitrogens with one attached hydrogen (secondary N) is 1. The number of H-pyrrole nitrogens is 1. The van der Waals surface area contributed by atoms with Crippen LogP contribution >= 0.6 is 11.3 Å². The van der Waals surface area contributed by atoms with Gasteiger partial charge in [0.05, 0.1) is 18.0 Å². The van der Waals surface area contributed by atoms with E-state index in [1.165, 1.54) is 0 Å². The molecule has 7 heteroatoms. The molecule has 1 aliphatic rings. The second-order valence-corrected chi connectivity index (χ2v) is 7.30. The molecule has 23 heavy (non-hydrogen) atoms. The SMILES string of the molecule is Cc1sc2nc(C(C)N3CCn4ccnc4C3)[nH]c(=O)c2c1C. The summed E-state index contributed by atoms with van der Waals surface area (Å²) in [6, 6.07) is 0.0558. The number of imidazole rings is 1. The van der Waals surface area contributed by atoms with E-state index < -0.39 is 0 Å². The summed E-state index contributed by atoms with van der Waals surface area (Å²) in [5, 5.41) is 0.734. The highest BCUT2D eigenvalue weighted by Gasteiger charge is 2.24. The van der Waals surface area contributed by atoms with Crippen LogP contribution in [0.2, 0.25) is 0 Å². The van der Waals surface area contributed by atoms with Crippen molar-refractivity contribution in [3.8, 4) is 0 Å². The molecule has 1 atom stereocenters. The van der Waals surface area contributed by atoms with Crippen LogP contribution in [-0.4, -0.2) is 31.0 Å². The highest BCUT2D eigenvalue weighted by atomic mass is 32.1. The Labute approximate surface area is 137 Å². The summed E-state index contributed by atoms with van der Waals surface area (Å²) in [4.78, 5) is 28.9. The average molecular weight is 329 g/mol. The topological polar surface area (TPSA) is 66.8 Å². The van der Waals surface area contributed by atoms with Crippen LogP contribution < -0.4 is 5.56 Å². The van der Waals surface area contributed by atoms with Crippen LogP contribution in [0.5, 0.6) is 0 Å². The standard InChI is InChI=1S/C16H19N5OS/c1-9-11(3)23-16-13(9)15(22)18-14(19-16)10(2)21-7-6-20-5-4-17-12(20)8-21/h4-5,10H,6-8H2,1-3H3,(H,18,19,22). The van der Waals surface area contributed by atoms with Gasteiger partial charge >= 0.3 is 0 Å². The second-order valence-electron chi connectivity index (χ2n) is 6.10. The zero-order valence-corrected chi connectivity index (χ0v) is 14.3. The van der Waals surface area contributed by atoms with Gasteiger partial charge in [0, 0.05) is 30.4 Å². The first kappa shape index (κ1) is 14.6. The molecular formula is C16H19N5OS. The van der Waals surface area contributed by atoms with Crippen LogP contribution in [0, 0.1) is 13.8 Å². The molecule has 0 aliphatic carbocycles. The second kappa shape index (κ2) is 5.28. The van der Waals surface area contributed by atoms with Gasteiger partial charge in [-0.3, -0.25) is 9.69 Å². The maximum atomic E-state index is 12.5. The van der Waals surface area contributed by atoms with E-state index in [1.54, 1.807) is 11.3 Å². The molecule has 1 unspecified atom stereocenters. The Morgan fingerprint density at radius 2 is 2.17 bits per heavy atom. The lowest BCUT2D eigenvalue weighted by Gasteiger charge is -2.32. The molecule has 4 heterocycles. The van der Waals surface area contributed by atoms with Gasteiger partial charge in [-0.2, -0.15) is 0 Å². The van der Waals surface area contributed by atoms with E-state index in [0.717, 1.165) is 51.9 Å². The molecule has 6 nitrogen and oxygen atoms in total. The van der Waals surface area contributed by atoms with Crippen molar-refractivity contribution in [2.24, 2.45) is 0 Å². The molecule has 0 radical (unpaired) electrons. The zero-order chi connectivity index (χ0) is 16.1. The summed E-state index contributed by atoms with van der Waals surface area (Å²) in [5.74, 6) is 1.80. The van der Waals surface area contributed by atoms with Crippen molar-refractivity contribution in [2.75, 3.05) is 6.54 Å². The number of aromatic nitrogens is 4. The van der Waals surface area contributed by atoms with Crippen molar-refractivity contribution in [1.82, 2.24) is 24.4 Å². The summed E-state index contributed by atoms with van der Waals surface area (Å²) < 4.78 is 2.18. The molecule has 0 aromatic carbocycles. The quantitative estimate of drug-likeness (QED) is 0.784. The van der Waals surface area contributed by atoms with Gasteiger partial charge in [0.1, 0.15) is 16.5 Å². The largest absolute Gasteiger partial charge is 0.333 e. The molecule has 0 saturated heterocycles. The van der Waals surface area contributed by atoms with E-state index in [-0.39, 0.29) is 11.6 Å². The predicted molar refractivity (Wildman–Crippen MR) is 90.8 cm³/mol. The summed E-state index contributed by atoms with van der Waals surface area (Å²) in [5.41, 5.74) is 1.01. The Morgan fingerprint density at radius 1 is 1.35 bits per heavy atom. The third-order valence-electron chi connectivity index (χ3n) is 4.78. The molecular weight excluding hydrogens is 310 g/mol. The number of aryl methyl sites for hydroxylation is 2. The normalized spacial score (nSPS) is 16.7. The fourth-order valence-electron chi connectivity index (χ4n) is 3.16. The van der Waals surface area contributed by atoms with Gasteiger partial charge in [-0.1, -0.05) is 0 Å². The highest BCUT2D eigenvalue weighted by Crippen LogP contribution is 2.28. The molecule has 0 bridgehead atoms. The first-order valence-electron chi connectivity index (χ1n) is 7.78. The van der Waals surface area contributed by atoms with Gasteiger partial charge in [-0.25, -0.2) is 9.97 Å². The van der Waals surface area contributed by atoms with E-state index in [2.05, 4.69) is 26.4 Å². The van der Waals surface area contributed by atoms with E-state index in [0.29, 0.717) is 0 Å². The fourth-order valence-corrected chi connectivity index (χ4v) is 4.20. The van der Waals surface area contributed by atoms with Crippen LogP contribution in [0.3, 0.4) is 0 Å². The van der Waals surface area contributed by atoms with Crippen LogP contribution in [0.25, 0.3) is 10.2 Å². The average Bonchev–Trinajstić information content (AvgIpc) is 3.11. The minimum atomic E-state index is -0.0304. The van der Waals surface area contributed by atoms with Crippen LogP contribution in [-0.2, 0) is 13.1 Å². The Morgan fingerprint density at radius 3 is 3.00 bits per heavy atom. The van der Waals surface area contributed by atoms with Crippen LogP contribution in [0.15, 0.2) is 17.2 Å². The predicted octanol–water partition coefficient (Wildman–Crippen LogP) is 2.37. The number of thiophene rings is 1. The van der Waals surface area contributed by atoms with Crippen molar-refractivity contribution in [3.05, 3.63) is 44.8 Å². The molecule has 1 N–H and O–H groups in total. The smallest absolute Gasteiger partial charge is 0.259 e.